The molecule has 3 aromatic rings. The van der Waals surface area contributed by atoms with Gasteiger partial charge in [-0.1, -0.05) is 24.3 Å². The highest BCUT2D eigenvalue weighted by molar-refractivity contribution is 5.99. The van der Waals surface area contributed by atoms with Crippen molar-refractivity contribution in [1.29, 1.82) is 0 Å². The molecule has 1 aromatic heterocycles. The van der Waals surface area contributed by atoms with Crippen molar-refractivity contribution in [2.45, 2.75) is 6.92 Å². The molecule has 10 heteroatoms. The zero-order chi connectivity index (χ0) is 21.4. The van der Waals surface area contributed by atoms with Crippen LogP contribution in [-0.4, -0.2) is 34.9 Å². The van der Waals surface area contributed by atoms with E-state index in [-0.39, 0.29) is 11.6 Å². The molecule has 29 heavy (non-hydrogen) atoms. The first-order valence-corrected chi connectivity index (χ1v) is 8.48. The van der Waals surface area contributed by atoms with Gasteiger partial charge in [0.05, 0.1) is 16.3 Å². The standard InChI is InChI=1S/C10H15N5.C9H6N2O3/c1-7(14-15-10(11)12)8-3-5-9(13-2)6-4-8;12-5-7-4-6-2-1-3-8(11(13)14)9(6)10-7/h3-6,13H,1-2H3,(H4,11,12,15);1-5,10H/b14-7+;. The third kappa shape index (κ3) is 5.63. The van der Waals surface area contributed by atoms with Crippen molar-refractivity contribution in [3.8, 4) is 0 Å². The van der Waals surface area contributed by atoms with Gasteiger partial charge in [0.25, 0.3) is 5.69 Å². The van der Waals surface area contributed by atoms with E-state index in [1.54, 1.807) is 18.2 Å². The number of fused-ring (bicyclic) bond motifs is 1. The van der Waals surface area contributed by atoms with Crippen LogP contribution in [0.25, 0.3) is 10.9 Å². The summed E-state index contributed by atoms with van der Waals surface area (Å²) in [4.78, 5) is 23.3. The highest BCUT2D eigenvalue weighted by Crippen LogP contribution is 2.24. The van der Waals surface area contributed by atoms with Crippen LogP contribution in [0, 0.1) is 10.1 Å². The van der Waals surface area contributed by atoms with Gasteiger partial charge in [0.1, 0.15) is 5.52 Å². The van der Waals surface area contributed by atoms with Gasteiger partial charge in [0.2, 0.25) is 5.96 Å². The predicted molar refractivity (Wildman–Crippen MR) is 114 cm³/mol. The molecule has 1 heterocycles. The highest BCUT2D eigenvalue weighted by Gasteiger charge is 2.13. The molecule has 2 aromatic carbocycles. The lowest BCUT2D eigenvalue weighted by atomic mass is 10.1. The molecule has 0 aliphatic carbocycles. The number of hydrogen-bond acceptors (Lipinski definition) is 6. The molecule has 0 unspecified atom stereocenters. The Labute approximate surface area is 166 Å². The number of aromatic amines is 1. The average Bonchev–Trinajstić information content (AvgIpc) is 3.15. The van der Waals surface area contributed by atoms with Crippen LogP contribution in [-0.2, 0) is 0 Å². The molecule has 0 aliphatic rings. The first-order chi connectivity index (χ1) is 13.8. The lowest BCUT2D eigenvalue weighted by Crippen LogP contribution is -2.22. The Bertz CT molecular complexity index is 1070. The summed E-state index contributed by atoms with van der Waals surface area (Å²) in [5.41, 5.74) is 13.9. The molecular formula is C19H21N7O3. The number of aldehydes is 1. The van der Waals surface area contributed by atoms with E-state index in [9.17, 15) is 14.9 Å². The average molecular weight is 395 g/mol. The van der Waals surface area contributed by atoms with Gasteiger partial charge < -0.3 is 21.8 Å². The number of rotatable bonds is 5. The number of nitrogens with zero attached hydrogens (tertiary/aromatic N) is 3. The van der Waals surface area contributed by atoms with Crippen LogP contribution in [0.3, 0.4) is 0 Å². The summed E-state index contributed by atoms with van der Waals surface area (Å²) in [6, 6.07) is 14.1. The number of nitrogens with one attached hydrogen (secondary N) is 2. The van der Waals surface area contributed by atoms with Crippen molar-refractivity contribution >= 4 is 40.2 Å². The Morgan fingerprint density at radius 3 is 2.41 bits per heavy atom. The van der Waals surface area contributed by atoms with Crippen molar-refractivity contribution in [2.75, 3.05) is 12.4 Å². The minimum Gasteiger partial charge on any atom is -0.388 e. The molecular weight excluding hydrogens is 374 g/mol. The molecule has 3 rings (SSSR count). The van der Waals surface area contributed by atoms with Crippen molar-refractivity contribution in [2.24, 2.45) is 21.7 Å². The van der Waals surface area contributed by atoms with E-state index in [4.69, 9.17) is 11.5 Å². The molecule has 0 atom stereocenters. The maximum absolute atomic E-state index is 10.6. The number of para-hydroxylation sites is 1. The molecule has 0 saturated carbocycles. The Morgan fingerprint density at radius 2 is 1.86 bits per heavy atom. The predicted octanol–water partition coefficient (Wildman–Crippen LogP) is 2.61. The summed E-state index contributed by atoms with van der Waals surface area (Å²) >= 11 is 0. The Kier molecular flexibility index (Phi) is 7.02. The second-order valence-electron chi connectivity index (χ2n) is 5.88. The quantitative estimate of drug-likeness (QED) is 0.170. The van der Waals surface area contributed by atoms with Crippen LogP contribution in [0.4, 0.5) is 11.4 Å². The molecule has 0 amide bonds. The number of nitro groups is 1. The normalized spacial score (nSPS) is 10.6. The Balaban J connectivity index is 0.000000207. The van der Waals surface area contributed by atoms with Gasteiger partial charge in [-0.2, -0.15) is 5.10 Å². The largest absolute Gasteiger partial charge is 0.388 e. The van der Waals surface area contributed by atoms with E-state index in [0.29, 0.717) is 22.9 Å². The van der Waals surface area contributed by atoms with Gasteiger partial charge in [0, 0.05) is 24.2 Å². The van der Waals surface area contributed by atoms with Crippen LogP contribution in [0.15, 0.2) is 58.7 Å². The maximum atomic E-state index is 10.6. The molecule has 0 fully saturated rings. The number of hydrogen-bond donors (Lipinski definition) is 4. The van der Waals surface area contributed by atoms with E-state index in [1.807, 2.05) is 38.2 Å². The first-order valence-electron chi connectivity index (χ1n) is 8.48. The highest BCUT2D eigenvalue weighted by atomic mass is 16.6. The number of aromatic nitrogens is 1. The van der Waals surface area contributed by atoms with Gasteiger partial charge in [-0.15, -0.1) is 5.10 Å². The number of carbonyl (C=O) groups is 1. The number of anilines is 1. The van der Waals surface area contributed by atoms with Crippen LogP contribution < -0.4 is 16.8 Å². The monoisotopic (exact) mass is 395 g/mol. The van der Waals surface area contributed by atoms with Crippen molar-refractivity contribution in [1.82, 2.24) is 4.98 Å². The number of nitrogens with two attached hydrogens (primary N) is 2. The second-order valence-corrected chi connectivity index (χ2v) is 5.88. The van der Waals surface area contributed by atoms with Crippen LogP contribution >= 0.6 is 0 Å². The van der Waals surface area contributed by atoms with Crippen LogP contribution in [0.5, 0.6) is 0 Å². The van der Waals surface area contributed by atoms with Gasteiger partial charge in [-0.25, -0.2) is 0 Å². The summed E-state index contributed by atoms with van der Waals surface area (Å²) in [5.74, 6) is -0.0406. The maximum Gasteiger partial charge on any atom is 0.293 e. The lowest BCUT2D eigenvalue weighted by Gasteiger charge is -2.01. The lowest BCUT2D eigenvalue weighted by molar-refractivity contribution is -0.383. The summed E-state index contributed by atoms with van der Waals surface area (Å²) in [7, 11) is 1.87. The molecule has 0 radical (unpaired) electrons. The van der Waals surface area contributed by atoms with Gasteiger partial charge in [0.15, 0.2) is 6.29 Å². The minimum atomic E-state index is -0.479. The fourth-order valence-electron chi connectivity index (χ4n) is 2.45. The van der Waals surface area contributed by atoms with Gasteiger partial charge in [-0.05, 0) is 30.7 Å². The number of nitro benzene ring substituents is 1. The third-order valence-electron chi connectivity index (χ3n) is 3.89. The van der Waals surface area contributed by atoms with Crippen LogP contribution in [0.1, 0.15) is 23.0 Å². The molecule has 6 N–H and O–H groups in total. The number of guanidine groups is 1. The summed E-state index contributed by atoms with van der Waals surface area (Å²) in [5, 5.41) is 21.8. The topological polar surface area (TPSA) is 165 Å². The smallest absolute Gasteiger partial charge is 0.293 e. The molecule has 0 saturated heterocycles. The third-order valence-corrected chi connectivity index (χ3v) is 3.89. The fraction of sp³-hybridized carbons (Fsp3) is 0.105. The fourth-order valence-corrected chi connectivity index (χ4v) is 2.45. The number of carbonyl (C=O) groups excluding carboxylic acids is 1. The summed E-state index contributed by atoms with van der Waals surface area (Å²) in [6.45, 7) is 1.85. The van der Waals surface area contributed by atoms with Crippen LogP contribution in [0.2, 0.25) is 0 Å². The summed E-state index contributed by atoms with van der Waals surface area (Å²) in [6.07, 6.45) is 0.629. The second kappa shape index (κ2) is 9.65. The minimum absolute atomic E-state index is 0.0180. The Hall–Kier alpha value is -4.21. The molecule has 0 bridgehead atoms. The van der Waals surface area contributed by atoms with Crippen molar-refractivity contribution in [3.63, 3.8) is 0 Å². The molecule has 150 valence electrons. The summed E-state index contributed by atoms with van der Waals surface area (Å²) < 4.78 is 0. The zero-order valence-corrected chi connectivity index (χ0v) is 15.9. The van der Waals surface area contributed by atoms with E-state index in [1.165, 1.54) is 6.07 Å². The van der Waals surface area contributed by atoms with E-state index in [2.05, 4.69) is 20.5 Å². The van der Waals surface area contributed by atoms with Crippen molar-refractivity contribution < 1.29 is 9.72 Å². The number of H-pyrrole nitrogens is 1. The SMILES string of the molecule is CNc1ccc(/C(C)=N/N=C(N)N)cc1.O=Cc1cc2cccc([N+](=O)[O-])c2[nH]1. The first kappa shape index (κ1) is 21.1. The molecule has 0 spiro atoms. The van der Waals surface area contributed by atoms with Gasteiger partial charge in [-0.3, -0.25) is 14.9 Å². The zero-order valence-electron chi connectivity index (χ0n) is 15.9. The molecule has 10 nitrogen and oxygen atoms in total. The van der Waals surface area contributed by atoms with E-state index < -0.39 is 4.92 Å². The van der Waals surface area contributed by atoms with Crippen molar-refractivity contribution in [3.05, 3.63) is 69.9 Å². The molecule has 0 aliphatic heterocycles. The van der Waals surface area contributed by atoms with E-state index >= 15 is 0 Å². The van der Waals surface area contributed by atoms with E-state index in [0.717, 1.165) is 17.0 Å². The number of non-ortho nitro benzene ring substituents is 1. The Morgan fingerprint density at radius 1 is 1.17 bits per heavy atom. The van der Waals surface area contributed by atoms with Gasteiger partial charge >= 0.3 is 0 Å². The number of benzene rings is 2.